The van der Waals surface area contributed by atoms with Crippen LogP contribution in [0.25, 0.3) is 0 Å². The van der Waals surface area contributed by atoms with E-state index in [1.807, 2.05) is 0 Å². The predicted octanol–water partition coefficient (Wildman–Crippen LogP) is 4.09. The third-order valence-corrected chi connectivity index (χ3v) is 3.93. The first-order chi connectivity index (χ1) is 8.25. The van der Waals surface area contributed by atoms with Gasteiger partial charge in [-0.2, -0.15) is 0 Å². The fourth-order valence-electron chi connectivity index (χ4n) is 2.34. The van der Waals surface area contributed by atoms with Crippen LogP contribution < -0.4 is 5.32 Å². The highest BCUT2D eigenvalue weighted by atomic mass is 14.8. The van der Waals surface area contributed by atoms with Crippen LogP contribution in [0.2, 0.25) is 0 Å². The lowest BCUT2D eigenvalue weighted by Gasteiger charge is -2.25. The fraction of sp³-hybridized carbons (Fsp3) is 0.625. The Hall–Kier alpha value is -0.820. The van der Waals surface area contributed by atoms with Gasteiger partial charge in [-0.1, -0.05) is 57.4 Å². The Morgan fingerprint density at radius 3 is 2.41 bits per heavy atom. The number of hydrogen-bond donors (Lipinski definition) is 1. The fourth-order valence-corrected chi connectivity index (χ4v) is 2.34. The first kappa shape index (κ1) is 12.6. The molecule has 0 heterocycles. The molecule has 17 heavy (non-hydrogen) atoms. The molecule has 2 rings (SSSR count). The second-order valence-corrected chi connectivity index (χ2v) is 5.66. The first-order valence-corrected chi connectivity index (χ1v) is 7.05. The van der Waals surface area contributed by atoms with Gasteiger partial charge in [-0.15, -0.1) is 0 Å². The first-order valence-electron chi connectivity index (χ1n) is 7.05. The van der Waals surface area contributed by atoms with Crippen LogP contribution >= 0.6 is 0 Å². The monoisotopic (exact) mass is 231 g/mol. The number of benzene rings is 1. The van der Waals surface area contributed by atoms with Gasteiger partial charge in [0.15, 0.2) is 0 Å². The van der Waals surface area contributed by atoms with E-state index in [-0.39, 0.29) is 0 Å². The normalized spacial score (nSPS) is 16.2. The number of hydrogen-bond acceptors (Lipinski definition) is 1. The molecular formula is C16H25N. The standard InChI is InChI=1S/C16H25N/c1-13(2)16-8-6-15(7-9-16)12-17-11-10-14-4-3-5-14/h6-9,13-14,17H,3-5,10-12H2,1-2H3. The molecule has 0 aromatic heterocycles. The van der Waals surface area contributed by atoms with Crippen molar-refractivity contribution in [2.24, 2.45) is 5.92 Å². The Kier molecular flexibility index (Phi) is 4.61. The van der Waals surface area contributed by atoms with E-state index in [0.717, 1.165) is 12.5 Å². The molecule has 0 bridgehead atoms. The quantitative estimate of drug-likeness (QED) is 0.727. The van der Waals surface area contributed by atoms with Gasteiger partial charge in [0.1, 0.15) is 0 Å². The van der Waals surface area contributed by atoms with Gasteiger partial charge in [-0.25, -0.2) is 0 Å². The average molecular weight is 231 g/mol. The molecule has 0 amide bonds. The summed E-state index contributed by atoms with van der Waals surface area (Å²) in [6.07, 6.45) is 5.75. The van der Waals surface area contributed by atoms with E-state index in [9.17, 15) is 0 Å². The highest BCUT2D eigenvalue weighted by molar-refractivity contribution is 5.24. The smallest absolute Gasteiger partial charge is 0.0205 e. The van der Waals surface area contributed by atoms with Crippen molar-refractivity contribution < 1.29 is 0 Å². The minimum absolute atomic E-state index is 0.635. The molecule has 0 saturated heterocycles. The van der Waals surface area contributed by atoms with Crippen LogP contribution in [0.15, 0.2) is 24.3 Å². The summed E-state index contributed by atoms with van der Waals surface area (Å²) in [7, 11) is 0. The molecule has 1 heteroatoms. The van der Waals surface area contributed by atoms with Crippen molar-refractivity contribution in [1.29, 1.82) is 0 Å². The maximum absolute atomic E-state index is 3.55. The molecule has 94 valence electrons. The van der Waals surface area contributed by atoms with Crippen molar-refractivity contribution in [3.63, 3.8) is 0 Å². The molecule has 0 radical (unpaired) electrons. The van der Waals surface area contributed by atoms with Gasteiger partial charge in [0, 0.05) is 6.54 Å². The van der Waals surface area contributed by atoms with E-state index in [0.29, 0.717) is 5.92 Å². The number of nitrogens with one attached hydrogen (secondary N) is 1. The van der Waals surface area contributed by atoms with Crippen LogP contribution in [-0.2, 0) is 6.54 Å². The molecule has 1 saturated carbocycles. The van der Waals surface area contributed by atoms with E-state index < -0.39 is 0 Å². The largest absolute Gasteiger partial charge is 0.313 e. The third-order valence-electron chi connectivity index (χ3n) is 3.93. The summed E-state index contributed by atoms with van der Waals surface area (Å²) in [6, 6.07) is 9.03. The van der Waals surface area contributed by atoms with Crippen molar-refractivity contribution in [2.75, 3.05) is 6.54 Å². The molecule has 1 aromatic rings. The Balaban J connectivity index is 1.67. The van der Waals surface area contributed by atoms with Crippen LogP contribution in [0.5, 0.6) is 0 Å². The van der Waals surface area contributed by atoms with Gasteiger partial charge in [-0.3, -0.25) is 0 Å². The van der Waals surface area contributed by atoms with E-state index in [1.54, 1.807) is 0 Å². The van der Waals surface area contributed by atoms with E-state index in [1.165, 1.54) is 43.4 Å². The molecule has 0 atom stereocenters. The summed E-state index contributed by atoms with van der Waals surface area (Å²) in [5.74, 6) is 1.65. The zero-order valence-electron chi connectivity index (χ0n) is 11.2. The molecule has 1 aliphatic rings. The summed E-state index contributed by atoms with van der Waals surface area (Å²) in [6.45, 7) is 6.68. The molecule has 0 spiro atoms. The highest BCUT2D eigenvalue weighted by Crippen LogP contribution is 2.28. The van der Waals surface area contributed by atoms with Crippen LogP contribution in [0.4, 0.5) is 0 Å². The molecule has 1 N–H and O–H groups in total. The van der Waals surface area contributed by atoms with Crippen molar-refractivity contribution in [3.8, 4) is 0 Å². The van der Waals surface area contributed by atoms with Gasteiger partial charge in [-0.05, 0) is 35.9 Å². The van der Waals surface area contributed by atoms with Gasteiger partial charge < -0.3 is 5.32 Å². The Morgan fingerprint density at radius 2 is 1.88 bits per heavy atom. The second kappa shape index (κ2) is 6.20. The maximum atomic E-state index is 3.55. The SMILES string of the molecule is CC(C)c1ccc(CNCCC2CCC2)cc1. The highest BCUT2D eigenvalue weighted by Gasteiger charge is 2.15. The molecule has 1 fully saturated rings. The molecule has 1 aliphatic carbocycles. The van der Waals surface area contributed by atoms with Gasteiger partial charge >= 0.3 is 0 Å². The lowest BCUT2D eigenvalue weighted by molar-refractivity contribution is 0.292. The zero-order valence-corrected chi connectivity index (χ0v) is 11.2. The van der Waals surface area contributed by atoms with Gasteiger partial charge in [0.2, 0.25) is 0 Å². The minimum Gasteiger partial charge on any atom is -0.313 e. The van der Waals surface area contributed by atoms with Crippen LogP contribution in [0.3, 0.4) is 0 Å². The Morgan fingerprint density at radius 1 is 1.18 bits per heavy atom. The Labute approximate surface area is 106 Å². The lowest BCUT2D eigenvalue weighted by Crippen LogP contribution is -2.21. The van der Waals surface area contributed by atoms with Crippen LogP contribution in [0, 0.1) is 5.92 Å². The Bertz CT molecular complexity index is 322. The van der Waals surface area contributed by atoms with Gasteiger partial charge in [0.25, 0.3) is 0 Å². The zero-order chi connectivity index (χ0) is 12.1. The minimum atomic E-state index is 0.635. The van der Waals surface area contributed by atoms with Gasteiger partial charge in [0.05, 0.1) is 0 Å². The average Bonchev–Trinajstić information content (AvgIpc) is 2.27. The summed E-state index contributed by atoms with van der Waals surface area (Å²) in [5.41, 5.74) is 2.84. The van der Waals surface area contributed by atoms with E-state index >= 15 is 0 Å². The van der Waals surface area contributed by atoms with Crippen molar-refractivity contribution in [3.05, 3.63) is 35.4 Å². The third kappa shape index (κ3) is 3.85. The van der Waals surface area contributed by atoms with E-state index in [4.69, 9.17) is 0 Å². The molecule has 0 unspecified atom stereocenters. The summed E-state index contributed by atoms with van der Waals surface area (Å²) in [5, 5.41) is 3.55. The summed E-state index contributed by atoms with van der Waals surface area (Å²) >= 11 is 0. The molecule has 1 aromatic carbocycles. The number of rotatable bonds is 6. The summed E-state index contributed by atoms with van der Waals surface area (Å²) in [4.78, 5) is 0. The molecule has 0 aliphatic heterocycles. The van der Waals surface area contributed by atoms with Crippen molar-refractivity contribution >= 4 is 0 Å². The van der Waals surface area contributed by atoms with Crippen LogP contribution in [0.1, 0.15) is 56.6 Å². The molecule has 1 nitrogen and oxygen atoms in total. The maximum Gasteiger partial charge on any atom is 0.0205 e. The molecular weight excluding hydrogens is 206 g/mol. The summed E-state index contributed by atoms with van der Waals surface area (Å²) < 4.78 is 0. The van der Waals surface area contributed by atoms with Crippen molar-refractivity contribution in [1.82, 2.24) is 5.32 Å². The topological polar surface area (TPSA) is 12.0 Å². The van der Waals surface area contributed by atoms with Crippen molar-refractivity contribution in [2.45, 2.75) is 52.0 Å². The second-order valence-electron chi connectivity index (χ2n) is 5.66. The lowest BCUT2D eigenvalue weighted by atomic mass is 9.83. The predicted molar refractivity (Wildman–Crippen MR) is 74.2 cm³/mol. The van der Waals surface area contributed by atoms with E-state index in [2.05, 4.69) is 43.4 Å². The van der Waals surface area contributed by atoms with Crippen LogP contribution in [-0.4, -0.2) is 6.54 Å².